The molecule has 21 heavy (non-hydrogen) atoms. The third-order valence-electron chi connectivity index (χ3n) is 3.76. The van der Waals surface area contributed by atoms with Gasteiger partial charge in [0.05, 0.1) is 0 Å². The summed E-state index contributed by atoms with van der Waals surface area (Å²) >= 11 is 0. The summed E-state index contributed by atoms with van der Waals surface area (Å²) in [5.41, 5.74) is 3.10. The van der Waals surface area contributed by atoms with E-state index in [1.807, 2.05) is 55.5 Å². The number of rotatable bonds is 6. The first-order chi connectivity index (χ1) is 10.1. The van der Waals surface area contributed by atoms with Gasteiger partial charge in [-0.15, -0.1) is 0 Å². The van der Waals surface area contributed by atoms with Gasteiger partial charge in [-0.2, -0.15) is 0 Å². The van der Waals surface area contributed by atoms with Crippen molar-refractivity contribution in [3.05, 3.63) is 54.1 Å². The number of hydrogen-bond donors (Lipinski definition) is 1. The van der Waals surface area contributed by atoms with Crippen molar-refractivity contribution in [3.8, 4) is 11.1 Å². The second kappa shape index (κ2) is 7.06. The van der Waals surface area contributed by atoms with E-state index in [9.17, 15) is 9.46 Å². The van der Waals surface area contributed by atoms with E-state index in [0.717, 1.165) is 36.0 Å². The quantitative estimate of drug-likeness (QED) is 0.791. The van der Waals surface area contributed by atoms with Crippen molar-refractivity contribution < 1.29 is 9.46 Å². The van der Waals surface area contributed by atoms with Crippen LogP contribution in [0.1, 0.15) is 32.3 Å². The monoisotopic (exact) mass is 302 g/mol. The first-order valence-electron chi connectivity index (χ1n) is 7.59. The summed E-state index contributed by atoms with van der Waals surface area (Å²) in [5.74, 6) is 0. The lowest BCUT2D eigenvalue weighted by Gasteiger charge is -2.19. The van der Waals surface area contributed by atoms with Crippen LogP contribution in [0.25, 0.3) is 11.1 Å². The van der Waals surface area contributed by atoms with Crippen molar-refractivity contribution in [1.29, 1.82) is 0 Å². The summed E-state index contributed by atoms with van der Waals surface area (Å²) < 4.78 is 12.8. The molecule has 0 aromatic heterocycles. The Balaban J connectivity index is 2.59. The Morgan fingerprint density at radius 2 is 1.71 bits per heavy atom. The molecule has 3 heteroatoms. The van der Waals surface area contributed by atoms with E-state index in [1.165, 1.54) is 0 Å². The molecular weight excluding hydrogens is 279 g/mol. The molecule has 1 atom stereocenters. The van der Waals surface area contributed by atoms with Crippen LogP contribution >= 0.6 is 7.37 Å². The van der Waals surface area contributed by atoms with E-state index in [4.69, 9.17) is 0 Å². The van der Waals surface area contributed by atoms with Crippen LogP contribution in [0.15, 0.2) is 48.5 Å². The first-order valence-corrected chi connectivity index (χ1v) is 9.44. The van der Waals surface area contributed by atoms with Crippen LogP contribution in [0.3, 0.4) is 0 Å². The van der Waals surface area contributed by atoms with Gasteiger partial charge in [-0.05, 0) is 35.6 Å². The Morgan fingerprint density at radius 3 is 2.33 bits per heavy atom. The van der Waals surface area contributed by atoms with Crippen LogP contribution in [0.5, 0.6) is 0 Å². The van der Waals surface area contributed by atoms with Gasteiger partial charge in [-0.25, -0.2) is 0 Å². The zero-order valence-electron chi connectivity index (χ0n) is 12.7. The van der Waals surface area contributed by atoms with Crippen molar-refractivity contribution >= 4 is 12.7 Å². The lowest BCUT2D eigenvalue weighted by atomic mass is 9.98. The van der Waals surface area contributed by atoms with Crippen LogP contribution in [-0.4, -0.2) is 11.1 Å². The van der Waals surface area contributed by atoms with E-state index in [-0.39, 0.29) is 0 Å². The zero-order chi connectivity index (χ0) is 15.3. The highest BCUT2D eigenvalue weighted by Crippen LogP contribution is 2.44. The van der Waals surface area contributed by atoms with Gasteiger partial charge in [-0.3, -0.25) is 4.57 Å². The summed E-state index contributed by atoms with van der Waals surface area (Å²) in [5, 5.41) is 0.612. The Labute approximate surface area is 127 Å². The van der Waals surface area contributed by atoms with Crippen molar-refractivity contribution in [2.75, 3.05) is 6.16 Å². The number of aryl methyl sites for hydroxylation is 1. The van der Waals surface area contributed by atoms with Crippen LogP contribution in [0.2, 0.25) is 0 Å². The maximum absolute atomic E-state index is 12.8. The molecule has 0 fully saturated rings. The van der Waals surface area contributed by atoms with Crippen LogP contribution in [0.4, 0.5) is 0 Å². The second-order valence-electron chi connectivity index (χ2n) is 5.31. The van der Waals surface area contributed by atoms with Crippen molar-refractivity contribution in [2.45, 2.75) is 33.1 Å². The van der Waals surface area contributed by atoms with E-state index in [1.54, 1.807) is 0 Å². The maximum atomic E-state index is 12.8. The van der Waals surface area contributed by atoms with Gasteiger partial charge in [0.25, 0.3) is 0 Å². The first kappa shape index (κ1) is 16.0. The summed E-state index contributed by atoms with van der Waals surface area (Å²) in [6.45, 7) is 4.13. The lowest BCUT2D eigenvalue weighted by molar-refractivity contribution is 0.487. The average molecular weight is 302 g/mol. The molecule has 112 valence electrons. The standard InChI is InChI=1S/C18H23O2P/c1-3-5-14-21(19,20)17-13-9-12-15(4-2)18(17)16-10-7-6-8-11-16/h6-13H,3-5,14H2,1-2H3,(H,19,20). The van der Waals surface area contributed by atoms with Gasteiger partial charge in [-0.1, -0.05) is 62.7 Å². The molecule has 0 aliphatic rings. The third-order valence-corrected chi connectivity index (χ3v) is 5.81. The molecule has 0 aliphatic heterocycles. The Bertz CT molecular complexity index is 635. The minimum atomic E-state index is -3.30. The highest BCUT2D eigenvalue weighted by Gasteiger charge is 2.25. The molecule has 0 radical (unpaired) electrons. The molecule has 0 spiro atoms. The molecule has 0 saturated carbocycles. The molecule has 0 bridgehead atoms. The van der Waals surface area contributed by atoms with Gasteiger partial charge in [0.15, 0.2) is 0 Å². The van der Waals surface area contributed by atoms with Gasteiger partial charge < -0.3 is 4.89 Å². The number of benzene rings is 2. The van der Waals surface area contributed by atoms with E-state index in [2.05, 4.69) is 6.92 Å². The Hall–Kier alpha value is -1.37. The molecule has 1 N–H and O–H groups in total. The Morgan fingerprint density at radius 1 is 1.00 bits per heavy atom. The molecule has 0 saturated heterocycles. The minimum absolute atomic E-state index is 0.358. The maximum Gasteiger partial charge on any atom is 0.230 e. The zero-order valence-corrected chi connectivity index (χ0v) is 13.6. The molecule has 2 rings (SSSR count). The normalized spacial score (nSPS) is 13.9. The highest BCUT2D eigenvalue weighted by molar-refractivity contribution is 7.66. The summed E-state index contributed by atoms with van der Waals surface area (Å²) in [4.78, 5) is 10.5. The Kier molecular flexibility index (Phi) is 5.39. The average Bonchev–Trinajstić information content (AvgIpc) is 2.53. The van der Waals surface area contributed by atoms with E-state index in [0.29, 0.717) is 11.5 Å². The topological polar surface area (TPSA) is 37.3 Å². The summed E-state index contributed by atoms with van der Waals surface area (Å²) in [7, 11) is -3.30. The fourth-order valence-electron chi connectivity index (χ4n) is 2.60. The van der Waals surface area contributed by atoms with E-state index < -0.39 is 7.37 Å². The fraction of sp³-hybridized carbons (Fsp3) is 0.333. The SMILES string of the molecule is CCCCP(=O)(O)c1cccc(CC)c1-c1ccccc1. The van der Waals surface area contributed by atoms with Crippen LogP contribution in [-0.2, 0) is 11.0 Å². The number of unbranched alkanes of at least 4 members (excludes halogenated alkanes) is 1. The molecule has 0 heterocycles. The minimum Gasteiger partial charge on any atom is -0.341 e. The van der Waals surface area contributed by atoms with E-state index >= 15 is 0 Å². The van der Waals surface area contributed by atoms with Crippen molar-refractivity contribution in [2.24, 2.45) is 0 Å². The molecule has 2 aromatic carbocycles. The second-order valence-corrected chi connectivity index (χ2v) is 7.64. The molecular formula is C18H23O2P. The van der Waals surface area contributed by atoms with Gasteiger partial charge in [0, 0.05) is 11.5 Å². The predicted octanol–water partition coefficient (Wildman–Crippen LogP) is 4.61. The summed E-state index contributed by atoms with van der Waals surface area (Å²) in [6.07, 6.45) is 2.92. The molecule has 0 aliphatic carbocycles. The largest absolute Gasteiger partial charge is 0.341 e. The fourth-order valence-corrected chi connectivity index (χ4v) is 4.53. The van der Waals surface area contributed by atoms with Crippen molar-refractivity contribution in [3.63, 3.8) is 0 Å². The van der Waals surface area contributed by atoms with Crippen molar-refractivity contribution in [1.82, 2.24) is 0 Å². The summed E-state index contributed by atoms with van der Waals surface area (Å²) in [6, 6.07) is 15.7. The van der Waals surface area contributed by atoms with Gasteiger partial charge >= 0.3 is 0 Å². The molecule has 2 nitrogen and oxygen atoms in total. The molecule has 1 unspecified atom stereocenters. The van der Waals surface area contributed by atoms with Crippen LogP contribution < -0.4 is 5.30 Å². The number of hydrogen-bond acceptors (Lipinski definition) is 1. The predicted molar refractivity (Wildman–Crippen MR) is 90.5 cm³/mol. The van der Waals surface area contributed by atoms with Gasteiger partial charge in [0.2, 0.25) is 7.37 Å². The van der Waals surface area contributed by atoms with Gasteiger partial charge in [0.1, 0.15) is 0 Å². The molecule has 2 aromatic rings. The molecule has 0 amide bonds. The lowest BCUT2D eigenvalue weighted by Crippen LogP contribution is -2.13. The highest BCUT2D eigenvalue weighted by atomic mass is 31.2. The third kappa shape index (κ3) is 3.64. The smallest absolute Gasteiger partial charge is 0.230 e. The van der Waals surface area contributed by atoms with Crippen LogP contribution in [0, 0.1) is 0 Å².